The van der Waals surface area contributed by atoms with E-state index in [9.17, 15) is 17.6 Å². The number of amides is 1. The van der Waals surface area contributed by atoms with Crippen molar-refractivity contribution in [3.8, 4) is 17.1 Å². The molecule has 1 amide bonds. The Labute approximate surface area is 205 Å². The monoisotopic (exact) mass is 587 g/mol. The molecule has 3 rings (SSSR count). The molecule has 1 heterocycles. The lowest BCUT2D eigenvalue weighted by atomic mass is 10.1. The number of nitrogens with zero attached hydrogens (tertiary/aromatic N) is 1. The predicted octanol–water partition coefficient (Wildman–Crippen LogP) is 5.19. The standard InChI is InChI=1S/C22H23FIN3O5S/c1-4-5-22(28)27(26-24)15-7-11-21(31-3)19(12-15)25-33(29,30)16-8-9-17(18(23)13-16)20-10-6-14(2)32-20/h6-13,25-26H,4-5H2,1-3H3. The maximum atomic E-state index is 14.7. The first-order valence-electron chi connectivity index (χ1n) is 9.96. The van der Waals surface area contributed by atoms with E-state index in [1.807, 2.05) is 29.8 Å². The Morgan fingerprint density at radius 1 is 1.18 bits per heavy atom. The summed E-state index contributed by atoms with van der Waals surface area (Å²) in [7, 11) is -2.78. The molecule has 0 radical (unpaired) electrons. The van der Waals surface area contributed by atoms with Crippen LogP contribution >= 0.6 is 22.9 Å². The Hall–Kier alpha value is -2.64. The lowest BCUT2D eigenvalue weighted by Crippen LogP contribution is -2.37. The number of benzene rings is 2. The fourth-order valence-corrected chi connectivity index (χ4v) is 4.75. The highest BCUT2D eigenvalue weighted by molar-refractivity contribution is 14.1. The molecule has 0 atom stereocenters. The normalized spacial score (nSPS) is 11.3. The number of anilines is 2. The van der Waals surface area contributed by atoms with Crippen LogP contribution in [0.4, 0.5) is 15.8 Å². The molecule has 8 nitrogen and oxygen atoms in total. The van der Waals surface area contributed by atoms with E-state index >= 15 is 0 Å². The van der Waals surface area contributed by atoms with E-state index in [1.54, 1.807) is 25.1 Å². The van der Waals surface area contributed by atoms with Crippen molar-refractivity contribution in [2.24, 2.45) is 0 Å². The molecule has 0 bridgehead atoms. The topological polar surface area (TPSA) is 101 Å². The number of hydrogen-bond donors (Lipinski definition) is 2. The first kappa shape index (κ1) is 25.0. The van der Waals surface area contributed by atoms with E-state index in [2.05, 4.69) is 8.36 Å². The Bertz CT molecular complexity index is 1260. The van der Waals surface area contributed by atoms with Gasteiger partial charge in [-0.25, -0.2) is 17.8 Å². The summed E-state index contributed by atoms with van der Waals surface area (Å²) >= 11 is 1.82. The molecular weight excluding hydrogens is 564 g/mol. The second-order valence-corrected chi connectivity index (χ2v) is 9.27. The van der Waals surface area contributed by atoms with Crippen molar-refractivity contribution in [3.05, 3.63) is 60.1 Å². The van der Waals surface area contributed by atoms with E-state index in [0.717, 1.165) is 6.07 Å². The third kappa shape index (κ3) is 5.65. The first-order chi connectivity index (χ1) is 15.7. The van der Waals surface area contributed by atoms with Crippen LogP contribution in [-0.2, 0) is 14.8 Å². The molecule has 176 valence electrons. The van der Waals surface area contributed by atoms with Crippen LogP contribution in [0.5, 0.6) is 5.75 Å². The van der Waals surface area contributed by atoms with Gasteiger partial charge >= 0.3 is 0 Å². The third-order valence-corrected chi connectivity index (χ3v) is 6.59. The number of rotatable bonds is 9. The molecule has 3 aromatic rings. The quantitative estimate of drug-likeness (QED) is 0.203. The average Bonchev–Trinajstić information content (AvgIpc) is 3.20. The van der Waals surface area contributed by atoms with Crippen molar-refractivity contribution in [1.29, 1.82) is 0 Å². The summed E-state index contributed by atoms with van der Waals surface area (Å²) in [5.74, 6) is 0.235. The van der Waals surface area contributed by atoms with Gasteiger partial charge in [-0.1, -0.05) is 6.92 Å². The van der Waals surface area contributed by atoms with Crippen molar-refractivity contribution < 1.29 is 26.8 Å². The summed E-state index contributed by atoms with van der Waals surface area (Å²) in [6, 6.07) is 11.5. The van der Waals surface area contributed by atoms with Crippen LogP contribution in [0.25, 0.3) is 11.3 Å². The van der Waals surface area contributed by atoms with Gasteiger partial charge in [0.15, 0.2) is 0 Å². The minimum Gasteiger partial charge on any atom is -0.495 e. The Morgan fingerprint density at radius 2 is 1.94 bits per heavy atom. The van der Waals surface area contributed by atoms with Gasteiger partial charge in [0.25, 0.3) is 10.0 Å². The van der Waals surface area contributed by atoms with Crippen LogP contribution in [0.3, 0.4) is 0 Å². The van der Waals surface area contributed by atoms with Gasteiger partial charge in [-0.05, 0) is 61.9 Å². The van der Waals surface area contributed by atoms with Gasteiger partial charge in [0, 0.05) is 29.3 Å². The van der Waals surface area contributed by atoms with Gasteiger partial charge in [-0.2, -0.15) is 3.64 Å². The second kappa shape index (κ2) is 10.5. The molecule has 0 aliphatic heterocycles. The summed E-state index contributed by atoms with van der Waals surface area (Å²) in [4.78, 5) is 12.1. The fourth-order valence-electron chi connectivity index (χ4n) is 3.13. The van der Waals surface area contributed by atoms with E-state index in [1.165, 1.54) is 36.4 Å². The van der Waals surface area contributed by atoms with Gasteiger partial charge in [0.1, 0.15) is 23.1 Å². The van der Waals surface area contributed by atoms with Crippen molar-refractivity contribution in [1.82, 2.24) is 3.64 Å². The molecule has 2 aromatic carbocycles. The molecule has 0 spiro atoms. The Balaban J connectivity index is 1.94. The Morgan fingerprint density at radius 3 is 2.52 bits per heavy atom. The van der Waals surface area contributed by atoms with Gasteiger partial charge in [-0.3, -0.25) is 9.52 Å². The van der Waals surface area contributed by atoms with Crippen molar-refractivity contribution in [2.75, 3.05) is 16.8 Å². The molecule has 33 heavy (non-hydrogen) atoms. The molecule has 2 N–H and O–H groups in total. The molecule has 11 heteroatoms. The van der Waals surface area contributed by atoms with Crippen LogP contribution in [-0.4, -0.2) is 21.4 Å². The van der Waals surface area contributed by atoms with E-state index < -0.39 is 15.8 Å². The number of hydrogen-bond acceptors (Lipinski definition) is 6. The summed E-state index contributed by atoms with van der Waals surface area (Å²) in [5.41, 5.74) is 0.665. The van der Waals surface area contributed by atoms with Crippen LogP contribution in [0.1, 0.15) is 25.5 Å². The lowest BCUT2D eigenvalue weighted by molar-refractivity contribution is -0.118. The molecule has 0 aliphatic carbocycles. The van der Waals surface area contributed by atoms with E-state index in [0.29, 0.717) is 30.0 Å². The Kier molecular flexibility index (Phi) is 7.97. The molecule has 0 unspecified atom stereocenters. The van der Waals surface area contributed by atoms with E-state index in [-0.39, 0.29) is 27.8 Å². The zero-order valence-electron chi connectivity index (χ0n) is 18.2. The highest BCUT2D eigenvalue weighted by Crippen LogP contribution is 2.33. The highest BCUT2D eigenvalue weighted by atomic mass is 127. The zero-order valence-corrected chi connectivity index (χ0v) is 21.2. The van der Waals surface area contributed by atoms with Crippen LogP contribution in [0.2, 0.25) is 0 Å². The van der Waals surface area contributed by atoms with Crippen molar-refractivity contribution >= 4 is 50.2 Å². The number of furan rings is 1. The van der Waals surface area contributed by atoms with Gasteiger partial charge in [0.2, 0.25) is 5.91 Å². The molecular formula is C22H23FIN3O5S. The summed E-state index contributed by atoms with van der Waals surface area (Å²) < 4.78 is 56.6. The number of aryl methyl sites for hydroxylation is 1. The SMILES string of the molecule is CCCC(=O)N(NI)c1ccc(OC)c(NS(=O)(=O)c2ccc(-c3ccc(C)o3)c(F)c2)c1. The molecule has 0 saturated carbocycles. The number of nitrogens with one attached hydrogen (secondary N) is 2. The minimum absolute atomic E-state index is 0.0992. The predicted molar refractivity (Wildman–Crippen MR) is 132 cm³/mol. The van der Waals surface area contributed by atoms with E-state index in [4.69, 9.17) is 9.15 Å². The van der Waals surface area contributed by atoms with Crippen molar-refractivity contribution in [3.63, 3.8) is 0 Å². The first-order valence-corrected chi connectivity index (χ1v) is 12.5. The number of hydrazine groups is 1. The fraction of sp³-hybridized carbons (Fsp3) is 0.227. The number of carbonyl (C=O) groups excluding carboxylic acids is 1. The smallest absolute Gasteiger partial charge is 0.262 e. The highest BCUT2D eigenvalue weighted by Gasteiger charge is 2.22. The van der Waals surface area contributed by atoms with Crippen molar-refractivity contribution in [2.45, 2.75) is 31.6 Å². The zero-order chi connectivity index (χ0) is 24.2. The number of methoxy groups -OCH3 is 1. The number of ether oxygens (including phenoxy) is 1. The van der Waals surface area contributed by atoms with Gasteiger partial charge in [0.05, 0.1) is 28.9 Å². The number of halogens is 2. The second-order valence-electron chi connectivity index (χ2n) is 7.11. The minimum atomic E-state index is -4.17. The average molecular weight is 587 g/mol. The largest absolute Gasteiger partial charge is 0.495 e. The summed E-state index contributed by atoms with van der Waals surface area (Å²) in [6.45, 7) is 3.62. The van der Waals surface area contributed by atoms with Crippen LogP contribution < -0.4 is 18.1 Å². The lowest BCUT2D eigenvalue weighted by Gasteiger charge is -2.22. The van der Waals surface area contributed by atoms with Gasteiger partial charge < -0.3 is 9.15 Å². The van der Waals surface area contributed by atoms with Gasteiger partial charge in [-0.15, -0.1) is 0 Å². The van der Waals surface area contributed by atoms with Crippen LogP contribution in [0.15, 0.2) is 57.8 Å². The summed E-state index contributed by atoms with van der Waals surface area (Å²) in [6.07, 6.45) is 0.965. The van der Waals surface area contributed by atoms with Crippen LogP contribution in [0, 0.1) is 12.7 Å². The number of carbonyl (C=O) groups is 1. The molecule has 0 fully saturated rings. The summed E-state index contributed by atoms with van der Waals surface area (Å²) in [5, 5.41) is 1.31. The maximum Gasteiger partial charge on any atom is 0.262 e. The third-order valence-electron chi connectivity index (χ3n) is 4.74. The molecule has 1 aromatic heterocycles. The number of sulfonamides is 1. The maximum absolute atomic E-state index is 14.7. The molecule has 0 saturated heterocycles. The molecule has 0 aliphatic rings.